The zero-order valence-electron chi connectivity index (χ0n) is 12.1. The van der Waals surface area contributed by atoms with Gasteiger partial charge in [0.1, 0.15) is 0 Å². The Morgan fingerprint density at radius 2 is 1.90 bits per heavy atom. The van der Waals surface area contributed by atoms with Crippen LogP contribution in [0.15, 0.2) is 12.1 Å². The zero-order valence-corrected chi connectivity index (χ0v) is 12.9. The highest BCUT2D eigenvalue weighted by Gasteiger charge is 2.22. The number of carbonyl (C=O) groups is 1. The van der Waals surface area contributed by atoms with Gasteiger partial charge in [-0.1, -0.05) is 11.6 Å². The Morgan fingerprint density at radius 1 is 1.29 bits per heavy atom. The molecule has 0 unspecified atom stereocenters. The Bertz CT molecular complexity index is 709. The molecule has 112 valence electrons. The lowest BCUT2D eigenvalue weighted by molar-refractivity contribution is 0.0689. The van der Waals surface area contributed by atoms with Gasteiger partial charge in [-0.25, -0.2) is 4.79 Å². The molecule has 0 atom stereocenters. The number of aryl methyl sites for hydroxylation is 2. The zero-order chi connectivity index (χ0) is 15.7. The molecule has 21 heavy (non-hydrogen) atoms. The first kappa shape index (κ1) is 15.2. The second-order valence-corrected chi connectivity index (χ2v) is 4.87. The smallest absolute Gasteiger partial charge is 0.356 e. The molecular formula is C14H15ClN2O4. The number of carboxylic acids is 1. The fraction of sp³-hybridized carbons (Fsp3) is 0.286. The van der Waals surface area contributed by atoms with Crippen LogP contribution in [-0.4, -0.2) is 35.1 Å². The van der Waals surface area contributed by atoms with Crippen LogP contribution in [0.3, 0.4) is 0 Å². The van der Waals surface area contributed by atoms with Crippen LogP contribution in [0.2, 0.25) is 5.02 Å². The third-order valence-electron chi connectivity index (χ3n) is 3.15. The van der Waals surface area contributed by atoms with Gasteiger partial charge >= 0.3 is 5.97 Å². The molecule has 0 aliphatic carbocycles. The van der Waals surface area contributed by atoms with Crippen molar-refractivity contribution in [3.63, 3.8) is 0 Å². The lowest BCUT2D eigenvalue weighted by Gasteiger charge is -2.16. The Hall–Kier alpha value is -2.21. The maximum atomic E-state index is 11.1. The summed E-state index contributed by atoms with van der Waals surface area (Å²) in [6, 6.07) is 3.23. The Labute approximate surface area is 126 Å². The molecule has 0 saturated carbocycles. The van der Waals surface area contributed by atoms with E-state index in [1.165, 1.54) is 25.0 Å². The minimum atomic E-state index is -1.09. The number of hydrogen-bond acceptors (Lipinski definition) is 4. The quantitative estimate of drug-likeness (QED) is 0.940. The lowest BCUT2D eigenvalue weighted by Crippen LogP contribution is -2.01. The third kappa shape index (κ3) is 2.54. The number of ether oxygens (including phenoxy) is 2. The van der Waals surface area contributed by atoms with Crippen molar-refractivity contribution in [3.8, 4) is 22.8 Å². The average molecular weight is 311 g/mol. The van der Waals surface area contributed by atoms with Crippen LogP contribution in [-0.2, 0) is 7.05 Å². The molecule has 0 spiro atoms. The highest BCUT2D eigenvalue weighted by Crippen LogP contribution is 2.44. The van der Waals surface area contributed by atoms with E-state index in [2.05, 4.69) is 5.10 Å². The molecule has 0 aliphatic heterocycles. The first-order valence-corrected chi connectivity index (χ1v) is 6.47. The summed E-state index contributed by atoms with van der Waals surface area (Å²) in [5, 5.41) is 13.5. The summed E-state index contributed by atoms with van der Waals surface area (Å²) in [6.45, 7) is 1.86. The normalized spacial score (nSPS) is 10.5. The monoisotopic (exact) mass is 310 g/mol. The second-order valence-electron chi connectivity index (χ2n) is 4.46. The van der Waals surface area contributed by atoms with E-state index in [4.69, 9.17) is 26.2 Å². The van der Waals surface area contributed by atoms with Gasteiger partial charge < -0.3 is 14.6 Å². The summed E-state index contributed by atoms with van der Waals surface area (Å²) in [6.07, 6.45) is 0. The first-order valence-electron chi connectivity index (χ1n) is 6.09. The van der Waals surface area contributed by atoms with E-state index in [-0.39, 0.29) is 5.69 Å². The summed E-state index contributed by atoms with van der Waals surface area (Å²) in [4.78, 5) is 11.1. The highest BCUT2D eigenvalue weighted by molar-refractivity contribution is 6.32. The number of benzene rings is 1. The van der Waals surface area contributed by atoms with Gasteiger partial charge in [0.15, 0.2) is 17.2 Å². The second kappa shape index (κ2) is 5.65. The average Bonchev–Trinajstić information content (AvgIpc) is 2.80. The number of hydrogen-bond donors (Lipinski definition) is 1. The van der Waals surface area contributed by atoms with E-state index < -0.39 is 5.97 Å². The van der Waals surface area contributed by atoms with Crippen LogP contribution >= 0.6 is 11.6 Å². The molecule has 0 saturated heterocycles. The van der Waals surface area contributed by atoms with Gasteiger partial charge in [-0.3, -0.25) is 4.68 Å². The maximum absolute atomic E-state index is 11.1. The SMILES string of the molecule is COc1c(Cl)cc(C)c(-c2cc(C(=O)O)nn2C)c1OC. The molecule has 1 heterocycles. The fourth-order valence-corrected chi connectivity index (χ4v) is 2.56. The van der Waals surface area contributed by atoms with Crippen molar-refractivity contribution in [3.05, 3.63) is 28.4 Å². The molecule has 1 aromatic heterocycles. The van der Waals surface area contributed by atoms with Crippen LogP contribution in [0.5, 0.6) is 11.5 Å². The topological polar surface area (TPSA) is 73.6 Å². The summed E-state index contributed by atoms with van der Waals surface area (Å²) in [7, 11) is 4.67. The number of rotatable bonds is 4. The predicted molar refractivity (Wildman–Crippen MR) is 78.5 cm³/mol. The van der Waals surface area contributed by atoms with Crippen molar-refractivity contribution in [2.24, 2.45) is 7.05 Å². The molecule has 0 radical (unpaired) electrons. The molecule has 7 heteroatoms. The molecule has 0 aliphatic rings. The molecule has 0 bridgehead atoms. The summed E-state index contributed by atoms with van der Waals surface area (Å²) >= 11 is 6.15. The molecule has 1 aromatic carbocycles. The number of halogens is 1. The minimum absolute atomic E-state index is 0.0390. The van der Waals surface area contributed by atoms with Crippen molar-refractivity contribution in [1.82, 2.24) is 9.78 Å². The molecule has 0 amide bonds. The van der Waals surface area contributed by atoms with E-state index in [0.717, 1.165) is 5.56 Å². The van der Waals surface area contributed by atoms with Crippen molar-refractivity contribution in [2.75, 3.05) is 14.2 Å². The molecule has 0 fully saturated rings. The lowest BCUT2D eigenvalue weighted by atomic mass is 10.0. The number of nitrogens with zero attached hydrogens (tertiary/aromatic N) is 2. The Morgan fingerprint density at radius 3 is 2.38 bits per heavy atom. The minimum Gasteiger partial charge on any atom is -0.492 e. The third-order valence-corrected chi connectivity index (χ3v) is 3.43. The van der Waals surface area contributed by atoms with E-state index in [1.807, 2.05) is 6.92 Å². The van der Waals surface area contributed by atoms with Gasteiger partial charge in [-0.2, -0.15) is 5.10 Å². The van der Waals surface area contributed by atoms with E-state index in [1.54, 1.807) is 13.1 Å². The summed E-state index contributed by atoms with van der Waals surface area (Å²) in [5.74, 6) is -0.241. The summed E-state index contributed by atoms with van der Waals surface area (Å²) < 4.78 is 12.2. The van der Waals surface area contributed by atoms with E-state index in [0.29, 0.717) is 27.8 Å². The van der Waals surface area contributed by atoms with Gasteiger partial charge in [0.05, 0.1) is 24.9 Å². The van der Waals surface area contributed by atoms with Crippen molar-refractivity contribution in [2.45, 2.75) is 6.92 Å². The number of aromatic nitrogens is 2. The number of carboxylic acid groups (broad SMARTS) is 1. The maximum Gasteiger partial charge on any atom is 0.356 e. The van der Waals surface area contributed by atoms with Gasteiger partial charge in [-0.15, -0.1) is 0 Å². The Kier molecular flexibility index (Phi) is 4.09. The van der Waals surface area contributed by atoms with Crippen LogP contribution in [0.1, 0.15) is 16.1 Å². The molecular weight excluding hydrogens is 296 g/mol. The molecule has 2 rings (SSSR count). The van der Waals surface area contributed by atoms with Crippen LogP contribution in [0.25, 0.3) is 11.3 Å². The largest absolute Gasteiger partial charge is 0.492 e. The van der Waals surface area contributed by atoms with Crippen molar-refractivity contribution >= 4 is 17.6 Å². The molecule has 1 N–H and O–H groups in total. The van der Waals surface area contributed by atoms with Gasteiger partial charge in [0.2, 0.25) is 0 Å². The predicted octanol–water partition coefficient (Wildman–Crippen LogP) is 2.76. The number of methoxy groups -OCH3 is 2. The molecule has 2 aromatic rings. The molecule has 6 nitrogen and oxygen atoms in total. The standard InChI is InChI=1S/C14H15ClN2O4/c1-7-5-8(15)12(20-3)13(21-4)11(7)10-6-9(14(18)19)16-17(10)2/h5-6H,1-4H3,(H,18,19). The van der Waals surface area contributed by atoms with E-state index >= 15 is 0 Å². The van der Waals surface area contributed by atoms with Crippen LogP contribution in [0, 0.1) is 6.92 Å². The first-order chi connectivity index (χ1) is 9.90. The highest BCUT2D eigenvalue weighted by atomic mass is 35.5. The van der Waals surface area contributed by atoms with Gasteiger partial charge in [0, 0.05) is 12.6 Å². The summed E-state index contributed by atoms with van der Waals surface area (Å²) in [5.41, 5.74) is 2.10. The Balaban J connectivity index is 2.77. The van der Waals surface area contributed by atoms with E-state index in [9.17, 15) is 4.79 Å². The fourth-order valence-electron chi connectivity index (χ4n) is 2.24. The van der Waals surface area contributed by atoms with Gasteiger partial charge in [-0.05, 0) is 24.6 Å². The van der Waals surface area contributed by atoms with Crippen molar-refractivity contribution < 1.29 is 19.4 Å². The van der Waals surface area contributed by atoms with Crippen LogP contribution in [0.4, 0.5) is 0 Å². The van der Waals surface area contributed by atoms with Crippen molar-refractivity contribution in [1.29, 1.82) is 0 Å². The van der Waals surface area contributed by atoms with Gasteiger partial charge in [0.25, 0.3) is 0 Å². The van der Waals surface area contributed by atoms with Crippen LogP contribution < -0.4 is 9.47 Å². The number of aromatic carboxylic acids is 1.